The minimum atomic E-state index is -1.14. The SMILES string of the molecule is C[C@H](COC(=O)c1ccccc1C(=O)O)c1ccccc1. The lowest BCUT2D eigenvalue weighted by atomic mass is 10.0. The number of esters is 1. The molecule has 0 unspecified atom stereocenters. The third kappa shape index (κ3) is 3.69. The highest BCUT2D eigenvalue weighted by molar-refractivity contribution is 6.02. The molecule has 0 amide bonds. The number of carboxylic acids is 1. The summed E-state index contributed by atoms with van der Waals surface area (Å²) >= 11 is 0. The van der Waals surface area contributed by atoms with Crippen molar-refractivity contribution in [2.24, 2.45) is 0 Å². The van der Waals surface area contributed by atoms with Crippen molar-refractivity contribution in [3.8, 4) is 0 Å². The van der Waals surface area contributed by atoms with Crippen LogP contribution >= 0.6 is 0 Å². The van der Waals surface area contributed by atoms with Crippen molar-refractivity contribution in [1.29, 1.82) is 0 Å². The van der Waals surface area contributed by atoms with E-state index in [1.165, 1.54) is 12.1 Å². The largest absolute Gasteiger partial charge is 0.478 e. The Balaban J connectivity index is 2.04. The number of hydrogen-bond acceptors (Lipinski definition) is 3. The van der Waals surface area contributed by atoms with Crippen molar-refractivity contribution in [1.82, 2.24) is 0 Å². The number of benzene rings is 2. The minimum absolute atomic E-state index is 0.0464. The van der Waals surface area contributed by atoms with Crippen molar-refractivity contribution in [2.75, 3.05) is 6.61 Å². The van der Waals surface area contributed by atoms with Gasteiger partial charge in [0.25, 0.3) is 0 Å². The monoisotopic (exact) mass is 284 g/mol. The highest BCUT2D eigenvalue weighted by Crippen LogP contribution is 2.16. The van der Waals surface area contributed by atoms with E-state index in [4.69, 9.17) is 9.84 Å². The van der Waals surface area contributed by atoms with E-state index in [1.54, 1.807) is 12.1 Å². The molecule has 0 radical (unpaired) electrons. The van der Waals surface area contributed by atoms with Crippen molar-refractivity contribution in [3.05, 3.63) is 71.3 Å². The van der Waals surface area contributed by atoms with E-state index in [0.29, 0.717) is 0 Å². The van der Waals surface area contributed by atoms with Crippen LogP contribution in [0.15, 0.2) is 54.6 Å². The van der Waals surface area contributed by atoms with E-state index in [0.717, 1.165) is 5.56 Å². The second-order valence-electron chi connectivity index (χ2n) is 4.76. The van der Waals surface area contributed by atoms with Gasteiger partial charge in [-0.3, -0.25) is 0 Å². The number of carbonyl (C=O) groups excluding carboxylic acids is 1. The molecule has 2 rings (SSSR count). The van der Waals surface area contributed by atoms with Crippen molar-refractivity contribution >= 4 is 11.9 Å². The van der Waals surface area contributed by atoms with E-state index >= 15 is 0 Å². The van der Waals surface area contributed by atoms with Gasteiger partial charge in [-0.1, -0.05) is 49.4 Å². The molecule has 0 aliphatic heterocycles. The fraction of sp³-hybridized carbons (Fsp3) is 0.176. The predicted molar refractivity (Wildman–Crippen MR) is 78.5 cm³/mol. The van der Waals surface area contributed by atoms with Crippen LogP contribution in [0.1, 0.15) is 39.1 Å². The van der Waals surface area contributed by atoms with Crippen LogP contribution in [-0.2, 0) is 4.74 Å². The van der Waals surface area contributed by atoms with Crippen molar-refractivity contribution in [3.63, 3.8) is 0 Å². The molecule has 108 valence electrons. The van der Waals surface area contributed by atoms with Gasteiger partial charge in [0.2, 0.25) is 0 Å². The summed E-state index contributed by atoms with van der Waals surface area (Å²) in [4.78, 5) is 23.1. The summed E-state index contributed by atoms with van der Waals surface area (Å²) in [5, 5.41) is 9.06. The minimum Gasteiger partial charge on any atom is -0.478 e. The van der Waals surface area contributed by atoms with Crippen LogP contribution in [0.25, 0.3) is 0 Å². The molecule has 0 saturated carbocycles. The van der Waals surface area contributed by atoms with E-state index in [-0.39, 0.29) is 23.7 Å². The molecule has 0 heterocycles. The van der Waals surface area contributed by atoms with Gasteiger partial charge in [-0.25, -0.2) is 9.59 Å². The number of carbonyl (C=O) groups is 2. The molecule has 0 saturated heterocycles. The Labute approximate surface area is 123 Å². The fourth-order valence-electron chi connectivity index (χ4n) is 2.00. The third-order valence-corrected chi connectivity index (χ3v) is 3.21. The normalized spacial score (nSPS) is 11.7. The zero-order valence-electron chi connectivity index (χ0n) is 11.7. The summed E-state index contributed by atoms with van der Waals surface area (Å²) in [7, 11) is 0. The number of rotatable bonds is 5. The van der Waals surface area contributed by atoms with Crippen LogP contribution in [0.2, 0.25) is 0 Å². The lowest BCUT2D eigenvalue weighted by Gasteiger charge is -2.13. The van der Waals surface area contributed by atoms with E-state index in [1.807, 2.05) is 37.3 Å². The number of hydrogen-bond donors (Lipinski definition) is 1. The van der Waals surface area contributed by atoms with Gasteiger partial charge in [-0.05, 0) is 17.7 Å². The lowest BCUT2D eigenvalue weighted by Crippen LogP contribution is -2.14. The molecule has 0 bridgehead atoms. The second kappa shape index (κ2) is 6.70. The predicted octanol–water partition coefficient (Wildman–Crippen LogP) is 3.35. The molecule has 4 nitrogen and oxygen atoms in total. The molecule has 0 fully saturated rings. The Morgan fingerprint density at radius 2 is 1.57 bits per heavy atom. The van der Waals surface area contributed by atoms with Crippen molar-refractivity contribution < 1.29 is 19.4 Å². The number of aromatic carboxylic acids is 1. The Kier molecular flexibility index (Phi) is 4.72. The maximum atomic E-state index is 12.0. The maximum absolute atomic E-state index is 12.0. The van der Waals surface area contributed by atoms with Crippen LogP contribution in [0, 0.1) is 0 Å². The first kappa shape index (κ1) is 14.8. The van der Waals surface area contributed by atoms with Gasteiger partial charge in [0.15, 0.2) is 0 Å². The Hall–Kier alpha value is -2.62. The number of carboxylic acid groups (broad SMARTS) is 1. The molecule has 0 spiro atoms. The van der Waals surface area contributed by atoms with Gasteiger partial charge in [0.1, 0.15) is 0 Å². The molecule has 2 aromatic carbocycles. The molecule has 1 atom stereocenters. The Bertz CT molecular complexity index is 634. The first-order valence-electron chi connectivity index (χ1n) is 6.64. The average Bonchev–Trinajstić information content (AvgIpc) is 2.53. The van der Waals surface area contributed by atoms with Crippen LogP contribution in [0.4, 0.5) is 0 Å². The summed E-state index contributed by atoms with van der Waals surface area (Å²) in [6.07, 6.45) is 0. The molecule has 4 heteroatoms. The summed E-state index contributed by atoms with van der Waals surface area (Å²) in [6, 6.07) is 15.7. The highest BCUT2D eigenvalue weighted by Gasteiger charge is 2.18. The standard InChI is InChI=1S/C17H16O4/c1-12(13-7-3-2-4-8-13)11-21-17(20)15-10-6-5-9-14(15)16(18)19/h2-10,12H,11H2,1H3,(H,18,19)/t12-/m1/s1. The lowest BCUT2D eigenvalue weighted by molar-refractivity contribution is 0.0475. The van der Waals surface area contributed by atoms with Gasteiger partial charge in [-0.15, -0.1) is 0 Å². The quantitative estimate of drug-likeness (QED) is 0.855. The molecule has 0 aromatic heterocycles. The van der Waals surface area contributed by atoms with Gasteiger partial charge in [0.05, 0.1) is 17.7 Å². The van der Waals surface area contributed by atoms with Gasteiger partial charge >= 0.3 is 11.9 Å². The Morgan fingerprint density at radius 3 is 2.19 bits per heavy atom. The van der Waals surface area contributed by atoms with Crippen LogP contribution < -0.4 is 0 Å². The topological polar surface area (TPSA) is 63.6 Å². The van der Waals surface area contributed by atoms with Gasteiger partial charge in [0, 0.05) is 5.92 Å². The zero-order valence-corrected chi connectivity index (χ0v) is 11.7. The molecule has 1 N–H and O–H groups in total. The smallest absolute Gasteiger partial charge is 0.339 e. The average molecular weight is 284 g/mol. The van der Waals surface area contributed by atoms with Crippen molar-refractivity contribution in [2.45, 2.75) is 12.8 Å². The van der Waals surface area contributed by atoms with E-state index in [2.05, 4.69) is 0 Å². The number of ether oxygens (including phenoxy) is 1. The molecule has 2 aromatic rings. The second-order valence-corrected chi connectivity index (χ2v) is 4.76. The van der Waals surface area contributed by atoms with E-state index in [9.17, 15) is 9.59 Å². The summed E-state index contributed by atoms with van der Waals surface area (Å²) in [6.45, 7) is 2.16. The molecule has 0 aliphatic rings. The molecule has 21 heavy (non-hydrogen) atoms. The summed E-state index contributed by atoms with van der Waals surface area (Å²) in [5.74, 6) is -1.71. The molecule has 0 aliphatic carbocycles. The Morgan fingerprint density at radius 1 is 1.00 bits per heavy atom. The van der Waals surface area contributed by atoms with Gasteiger partial charge in [-0.2, -0.15) is 0 Å². The maximum Gasteiger partial charge on any atom is 0.339 e. The van der Waals surface area contributed by atoms with Crippen LogP contribution in [0.3, 0.4) is 0 Å². The van der Waals surface area contributed by atoms with Gasteiger partial charge < -0.3 is 9.84 Å². The molecular formula is C17H16O4. The van der Waals surface area contributed by atoms with E-state index < -0.39 is 11.9 Å². The third-order valence-electron chi connectivity index (χ3n) is 3.21. The first-order chi connectivity index (χ1) is 10.1. The zero-order chi connectivity index (χ0) is 15.2. The highest BCUT2D eigenvalue weighted by atomic mass is 16.5. The first-order valence-corrected chi connectivity index (χ1v) is 6.64. The van der Waals surface area contributed by atoms with Crippen LogP contribution in [0.5, 0.6) is 0 Å². The molecular weight excluding hydrogens is 268 g/mol. The fourth-order valence-corrected chi connectivity index (χ4v) is 2.00. The van der Waals surface area contributed by atoms with Crippen LogP contribution in [-0.4, -0.2) is 23.7 Å². The summed E-state index contributed by atoms with van der Waals surface area (Å²) in [5.41, 5.74) is 1.09. The summed E-state index contributed by atoms with van der Waals surface area (Å²) < 4.78 is 5.23.